The van der Waals surface area contributed by atoms with Crippen molar-refractivity contribution in [3.05, 3.63) is 63.8 Å². The Morgan fingerprint density at radius 3 is 2.60 bits per heavy atom. The lowest BCUT2D eigenvalue weighted by molar-refractivity contribution is -0.114. The van der Waals surface area contributed by atoms with Crippen LogP contribution in [0.5, 0.6) is 0 Å². The van der Waals surface area contributed by atoms with Crippen molar-refractivity contribution in [2.24, 2.45) is 12.8 Å². The Balaban J connectivity index is 1.94. The molecular weight excluding hydrogens is 376 g/mol. The van der Waals surface area contributed by atoms with E-state index in [1.165, 1.54) is 6.08 Å². The summed E-state index contributed by atoms with van der Waals surface area (Å²) in [6.07, 6.45) is 5.77. The third-order valence-corrected chi connectivity index (χ3v) is 5.25. The van der Waals surface area contributed by atoms with Gasteiger partial charge < -0.3 is 19.9 Å². The summed E-state index contributed by atoms with van der Waals surface area (Å²) in [4.78, 5) is 13.6. The number of nitrogens with zero attached hydrogens (tertiary/aromatic N) is 3. The molecular formula is C24H26N4O2. The summed E-state index contributed by atoms with van der Waals surface area (Å²) < 4.78 is 7.37. The van der Waals surface area contributed by atoms with Gasteiger partial charge in [-0.2, -0.15) is 5.26 Å². The van der Waals surface area contributed by atoms with Gasteiger partial charge in [0.1, 0.15) is 11.6 Å². The number of benzene rings is 1. The quantitative estimate of drug-likeness (QED) is 0.607. The lowest BCUT2D eigenvalue weighted by atomic mass is 10.1. The summed E-state index contributed by atoms with van der Waals surface area (Å²) >= 11 is 0. The van der Waals surface area contributed by atoms with E-state index in [2.05, 4.69) is 35.8 Å². The zero-order valence-corrected chi connectivity index (χ0v) is 17.4. The number of amides is 1. The molecule has 1 saturated heterocycles. The average Bonchev–Trinajstić information content (AvgIpc) is 3.11. The highest BCUT2D eigenvalue weighted by molar-refractivity contribution is 6.00. The number of nitrogens with two attached hydrogens (primary N) is 1. The Hall–Kier alpha value is -3.56. The fourth-order valence-corrected chi connectivity index (χ4v) is 3.51. The van der Waals surface area contributed by atoms with Gasteiger partial charge in [-0.1, -0.05) is 24.8 Å². The van der Waals surface area contributed by atoms with Crippen molar-refractivity contribution >= 4 is 24.6 Å². The molecule has 3 rings (SSSR count). The topological polar surface area (TPSA) is 84.3 Å². The van der Waals surface area contributed by atoms with Crippen LogP contribution in [0.15, 0.2) is 47.7 Å². The molecule has 30 heavy (non-hydrogen) atoms. The highest BCUT2D eigenvalue weighted by Crippen LogP contribution is 2.21. The minimum atomic E-state index is -0.736. The number of primary amides is 1. The number of hydrogen-bond acceptors (Lipinski definition) is 4. The van der Waals surface area contributed by atoms with Gasteiger partial charge in [-0.25, -0.2) is 0 Å². The Morgan fingerprint density at radius 2 is 2.00 bits per heavy atom. The molecule has 1 aliphatic heterocycles. The molecule has 1 aromatic carbocycles. The van der Waals surface area contributed by atoms with E-state index in [0.717, 1.165) is 59.4 Å². The number of rotatable bonds is 5. The Labute approximate surface area is 176 Å². The van der Waals surface area contributed by atoms with E-state index in [-0.39, 0.29) is 5.57 Å². The predicted octanol–water partition coefficient (Wildman–Crippen LogP) is 1.51. The number of carbonyl (C=O) groups excluding carboxylic acids is 1. The number of allylic oxidation sites excluding steroid dienone is 2. The molecule has 2 aromatic rings. The Morgan fingerprint density at radius 1 is 1.27 bits per heavy atom. The van der Waals surface area contributed by atoms with Crippen LogP contribution in [-0.4, -0.2) is 41.7 Å². The van der Waals surface area contributed by atoms with Crippen LogP contribution in [0.2, 0.25) is 0 Å². The maximum absolute atomic E-state index is 11.3. The number of morpholine rings is 1. The molecule has 0 radical (unpaired) electrons. The van der Waals surface area contributed by atoms with Gasteiger partial charge in [-0.3, -0.25) is 4.79 Å². The third-order valence-electron chi connectivity index (χ3n) is 5.25. The van der Waals surface area contributed by atoms with Gasteiger partial charge >= 0.3 is 0 Å². The fourth-order valence-electron chi connectivity index (χ4n) is 3.51. The molecule has 1 fully saturated rings. The standard InChI is InChI=1S/C24H26N4O2/c1-4-21(28-9-11-30-12-10-28)14-18-5-6-19(13-17(18)2)23-8-7-22(27(23)3)15-20(16-25)24(26)29/h4-8,13-15H,2,9-12H2,1,3H3,(H2,26,29)/b18-14-,20-15+,21-4?. The molecule has 0 spiro atoms. The van der Waals surface area contributed by atoms with Gasteiger partial charge in [0.2, 0.25) is 0 Å². The first-order valence-electron chi connectivity index (χ1n) is 9.82. The number of carbonyl (C=O) groups is 1. The van der Waals surface area contributed by atoms with Crippen LogP contribution < -0.4 is 16.2 Å². The van der Waals surface area contributed by atoms with Gasteiger partial charge in [0.25, 0.3) is 5.91 Å². The highest BCUT2D eigenvalue weighted by Gasteiger charge is 2.12. The summed E-state index contributed by atoms with van der Waals surface area (Å²) in [6.45, 7) is 9.53. The van der Waals surface area contributed by atoms with Crippen LogP contribution in [0.1, 0.15) is 12.6 Å². The van der Waals surface area contributed by atoms with E-state index in [1.807, 2.05) is 42.8 Å². The summed E-state index contributed by atoms with van der Waals surface area (Å²) in [5.41, 5.74) is 9.02. The lowest BCUT2D eigenvalue weighted by Gasteiger charge is -2.29. The average molecular weight is 402 g/mol. The summed E-state index contributed by atoms with van der Waals surface area (Å²) in [7, 11) is 1.89. The van der Waals surface area contributed by atoms with Crippen molar-refractivity contribution in [2.45, 2.75) is 6.92 Å². The van der Waals surface area contributed by atoms with Gasteiger partial charge in [-0.05, 0) is 53.3 Å². The van der Waals surface area contributed by atoms with Gasteiger partial charge in [0, 0.05) is 37.2 Å². The minimum Gasteiger partial charge on any atom is -0.378 e. The molecule has 154 valence electrons. The fraction of sp³-hybridized carbons (Fsp3) is 0.250. The smallest absolute Gasteiger partial charge is 0.259 e. The summed E-state index contributed by atoms with van der Waals surface area (Å²) in [6, 6.07) is 11.8. The number of hydrogen-bond donors (Lipinski definition) is 1. The molecule has 6 heteroatoms. The van der Waals surface area contributed by atoms with E-state index in [4.69, 9.17) is 15.7 Å². The van der Waals surface area contributed by atoms with E-state index in [9.17, 15) is 4.79 Å². The van der Waals surface area contributed by atoms with E-state index < -0.39 is 5.91 Å². The van der Waals surface area contributed by atoms with E-state index >= 15 is 0 Å². The summed E-state index contributed by atoms with van der Waals surface area (Å²) in [5.74, 6) is -0.736. The largest absolute Gasteiger partial charge is 0.378 e. The number of nitriles is 1. The van der Waals surface area contributed by atoms with Crippen LogP contribution in [0, 0.1) is 11.3 Å². The SMILES string of the molecule is C=c1cc(-c2ccc(/C=C(\C#N)C(N)=O)n2C)cc/c1=C/C(=CC)N1CCOCC1. The van der Waals surface area contributed by atoms with Gasteiger partial charge in [0.15, 0.2) is 0 Å². The molecule has 2 N–H and O–H groups in total. The zero-order chi connectivity index (χ0) is 21.7. The van der Waals surface area contributed by atoms with Gasteiger partial charge in [0.05, 0.1) is 13.2 Å². The second kappa shape index (κ2) is 9.29. The van der Waals surface area contributed by atoms with Crippen LogP contribution in [0.4, 0.5) is 0 Å². The molecule has 0 bridgehead atoms. The van der Waals surface area contributed by atoms with Crippen LogP contribution in [-0.2, 0) is 16.6 Å². The molecule has 0 atom stereocenters. The Bertz CT molecular complexity index is 1160. The zero-order valence-electron chi connectivity index (χ0n) is 17.4. The van der Waals surface area contributed by atoms with Crippen molar-refractivity contribution in [3.63, 3.8) is 0 Å². The molecule has 1 aliphatic rings. The first-order valence-corrected chi connectivity index (χ1v) is 9.82. The highest BCUT2D eigenvalue weighted by atomic mass is 16.5. The number of ether oxygens (including phenoxy) is 1. The van der Waals surface area contributed by atoms with Crippen LogP contribution in [0.3, 0.4) is 0 Å². The van der Waals surface area contributed by atoms with Crippen molar-refractivity contribution in [3.8, 4) is 17.3 Å². The maximum Gasteiger partial charge on any atom is 0.259 e. The lowest BCUT2D eigenvalue weighted by Crippen LogP contribution is -2.36. The molecule has 0 unspecified atom stereocenters. The van der Waals surface area contributed by atoms with Crippen molar-refractivity contribution in [2.75, 3.05) is 26.3 Å². The monoisotopic (exact) mass is 402 g/mol. The van der Waals surface area contributed by atoms with Crippen molar-refractivity contribution in [1.29, 1.82) is 5.26 Å². The molecule has 1 amide bonds. The van der Waals surface area contributed by atoms with E-state index in [1.54, 1.807) is 0 Å². The molecule has 0 aliphatic carbocycles. The predicted molar refractivity (Wildman–Crippen MR) is 119 cm³/mol. The van der Waals surface area contributed by atoms with Crippen molar-refractivity contribution in [1.82, 2.24) is 9.47 Å². The second-order valence-electron chi connectivity index (χ2n) is 7.11. The third kappa shape index (κ3) is 4.53. The normalized spacial score (nSPS) is 15.9. The first-order chi connectivity index (χ1) is 14.4. The summed E-state index contributed by atoms with van der Waals surface area (Å²) in [5, 5.41) is 11.1. The molecule has 1 aromatic heterocycles. The molecule has 0 saturated carbocycles. The van der Waals surface area contributed by atoms with Crippen LogP contribution >= 0.6 is 0 Å². The Kier molecular flexibility index (Phi) is 6.55. The second-order valence-corrected chi connectivity index (χ2v) is 7.11. The van der Waals surface area contributed by atoms with Gasteiger partial charge in [-0.15, -0.1) is 0 Å². The van der Waals surface area contributed by atoms with Crippen molar-refractivity contribution < 1.29 is 9.53 Å². The van der Waals surface area contributed by atoms with Crippen LogP contribution in [0.25, 0.3) is 30.0 Å². The minimum absolute atomic E-state index is 0.0764. The number of aromatic nitrogens is 1. The first kappa shape index (κ1) is 21.2. The molecule has 6 nitrogen and oxygen atoms in total. The maximum atomic E-state index is 11.3. The molecule has 2 heterocycles. The van der Waals surface area contributed by atoms with E-state index in [0.29, 0.717) is 0 Å².